The molecule has 3 heterocycles. The number of halogens is 1. The first-order chi connectivity index (χ1) is 13.5. The molecular formula is C19H20FN5O2S. The smallest absolute Gasteiger partial charge is 0.218 e. The third kappa shape index (κ3) is 3.90. The van der Waals surface area contributed by atoms with E-state index in [1.165, 1.54) is 16.4 Å². The normalized spacial score (nSPS) is 15.7. The second-order valence-corrected chi connectivity index (χ2v) is 8.54. The molecule has 1 saturated heterocycles. The van der Waals surface area contributed by atoms with Crippen LogP contribution in [0.3, 0.4) is 0 Å². The van der Waals surface area contributed by atoms with Gasteiger partial charge in [-0.15, -0.1) is 10.2 Å². The molecular weight excluding hydrogens is 381 g/mol. The van der Waals surface area contributed by atoms with Gasteiger partial charge in [0.1, 0.15) is 5.82 Å². The summed E-state index contributed by atoms with van der Waals surface area (Å²) in [7, 11) is -3.57. The predicted octanol–water partition coefficient (Wildman–Crippen LogP) is 2.06. The number of sulfonamides is 1. The fraction of sp³-hybridized carbons (Fsp3) is 0.263. The first-order valence-corrected chi connectivity index (χ1v) is 10.6. The monoisotopic (exact) mass is 401 g/mol. The first kappa shape index (κ1) is 18.6. The Morgan fingerprint density at radius 1 is 0.857 bits per heavy atom. The fourth-order valence-corrected chi connectivity index (χ4v) is 4.74. The van der Waals surface area contributed by atoms with Gasteiger partial charge in [0.25, 0.3) is 0 Å². The molecule has 0 spiro atoms. The van der Waals surface area contributed by atoms with Crippen LogP contribution >= 0.6 is 0 Å². The summed E-state index contributed by atoms with van der Waals surface area (Å²) in [5.41, 5.74) is 0.191. The van der Waals surface area contributed by atoms with Crippen LogP contribution in [0, 0.1) is 5.82 Å². The quantitative estimate of drug-likeness (QED) is 0.655. The highest BCUT2D eigenvalue weighted by atomic mass is 32.2. The summed E-state index contributed by atoms with van der Waals surface area (Å²) in [4.78, 5) is 2.00. The Hall–Kier alpha value is -2.78. The van der Waals surface area contributed by atoms with E-state index >= 15 is 0 Å². The molecule has 1 aromatic carbocycles. The average Bonchev–Trinajstić information content (AvgIpc) is 3.25. The highest BCUT2D eigenvalue weighted by Gasteiger charge is 2.28. The van der Waals surface area contributed by atoms with Gasteiger partial charge in [-0.1, -0.05) is 18.2 Å². The predicted molar refractivity (Wildman–Crippen MR) is 104 cm³/mol. The number of rotatable bonds is 5. The Balaban J connectivity index is 1.39. The van der Waals surface area contributed by atoms with Crippen molar-refractivity contribution in [3.63, 3.8) is 0 Å². The lowest BCUT2D eigenvalue weighted by molar-refractivity contribution is 0.382. The average molecular weight is 401 g/mol. The van der Waals surface area contributed by atoms with E-state index in [0.29, 0.717) is 32.0 Å². The molecule has 0 unspecified atom stereocenters. The van der Waals surface area contributed by atoms with Crippen molar-refractivity contribution in [1.82, 2.24) is 19.1 Å². The number of aromatic nitrogens is 3. The van der Waals surface area contributed by atoms with Crippen LogP contribution < -0.4 is 4.90 Å². The summed E-state index contributed by atoms with van der Waals surface area (Å²) < 4.78 is 42.3. The minimum atomic E-state index is -3.57. The molecule has 4 rings (SSSR count). The number of nitrogens with zero attached hydrogens (tertiary/aromatic N) is 5. The molecule has 1 fully saturated rings. The summed E-state index contributed by atoms with van der Waals surface area (Å²) in [6.45, 7) is 1.68. The molecule has 0 atom stereocenters. The zero-order chi connectivity index (χ0) is 19.6. The second kappa shape index (κ2) is 7.69. The number of hydrogen-bond acceptors (Lipinski definition) is 5. The summed E-state index contributed by atoms with van der Waals surface area (Å²) in [6.07, 6.45) is 3.78. The Bertz CT molecular complexity index is 1030. The van der Waals surface area contributed by atoms with Crippen molar-refractivity contribution in [2.24, 2.45) is 0 Å². The Kier molecular flexibility index (Phi) is 5.10. The molecule has 0 aliphatic carbocycles. The second-order valence-electron chi connectivity index (χ2n) is 6.57. The van der Waals surface area contributed by atoms with Crippen molar-refractivity contribution in [3.8, 4) is 5.82 Å². The Morgan fingerprint density at radius 2 is 1.50 bits per heavy atom. The molecule has 0 amide bonds. The molecule has 1 aliphatic heterocycles. The van der Waals surface area contributed by atoms with Crippen molar-refractivity contribution in [2.45, 2.75) is 5.75 Å². The van der Waals surface area contributed by atoms with Gasteiger partial charge in [-0.05, 0) is 30.3 Å². The summed E-state index contributed by atoms with van der Waals surface area (Å²) in [5.74, 6) is 0.607. The summed E-state index contributed by atoms with van der Waals surface area (Å²) >= 11 is 0. The van der Waals surface area contributed by atoms with Crippen LogP contribution in [-0.4, -0.2) is 53.7 Å². The number of anilines is 1. The maximum Gasteiger partial charge on any atom is 0.218 e. The van der Waals surface area contributed by atoms with Crippen LogP contribution in [0.1, 0.15) is 5.56 Å². The topological polar surface area (TPSA) is 71.3 Å². The van der Waals surface area contributed by atoms with Crippen LogP contribution in [0.2, 0.25) is 0 Å². The van der Waals surface area contributed by atoms with Gasteiger partial charge in [-0.2, -0.15) is 4.31 Å². The van der Waals surface area contributed by atoms with E-state index in [1.54, 1.807) is 12.1 Å². The standard InChI is InChI=1S/C19H20FN5O2S/c20-17-6-2-1-5-16(17)15-28(26,27)25-13-11-24(12-14-25)19-8-7-18(21-22-19)23-9-3-4-10-23/h1-10H,11-15H2. The molecule has 3 aromatic rings. The largest absolute Gasteiger partial charge is 0.352 e. The van der Waals surface area contributed by atoms with Gasteiger partial charge in [-0.3, -0.25) is 0 Å². The SMILES string of the molecule is O=S(=O)(Cc1ccccc1F)N1CCN(c2ccc(-n3cccc3)nn2)CC1. The van der Waals surface area contributed by atoms with Gasteiger partial charge >= 0.3 is 0 Å². The van der Waals surface area contributed by atoms with E-state index in [4.69, 9.17) is 0 Å². The molecule has 1 aliphatic rings. The molecule has 28 heavy (non-hydrogen) atoms. The highest BCUT2D eigenvalue weighted by Crippen LogP contribution is 2.19. The molecule has 9 heteroatoms. The van der Waals surface area contributed by atoms with Gasteiger partial charge in [0.2, 0.25) is 10.0 Å². The van der Waals surface area contributed by atoms with Crippen molar-refractivity contribution in [3.05, 3.63) is 72.3 Å². The van der Waals surface area contributed by atoms with E-state index in [0.717, 1.165) is 5.82 Å². The molecule has 7 nitrogen and oxygen atoms in total. The van der Waals surface area contributed by atoms with Crippen LogP contribution in [0.25, 0.3) is 5.82 Å². The van der Waals surface area contributed by atoms with Crippen LogP contribution in [0.4, 0.5) is 10.2 Å². The molecule has 0 saturated carbocycles. The van der Waals surface area contributed by atoms with E-state index in [2.05, 4.69) is 10.2 Å². The zero-order valence-electron chi connectivity index (χ0n) is 15.1. The van der Waals surface area contributed by atoms with Crippen molar-refractivity contribution >= 4 is 15.8 Å². The van der Waals surface area contributed by atoms with Gasteiger partial charge in [0, 0.05) is 44.1 Å². The van der Waals surface area contributed by atoms with Gasteiger partial charge in [-0.25, -0.2) is 12.8 Å². The van der Waals surface area contributed by atoms with Gasteiger partial charge in [0.15, 0.2) is 11.6 Å². The number of benzene rings is 1. The maximum atomic E-state index is 13.8. The highest BCUT2D eigenvalue weighted by molar-refractivity contribution is 7.88. The third-order valence-corrected chi connectivity index (χ3v) is 6.58. The van der Waals surface area contributed by atoms with Crippen molar-refractivity contribution < 1.29 is 12.8 Å². The van der Waals surface area contributed by atoms with E-state index in [-0.39, 0.29) is 11.3 Å². The fourth-order valence-electron chi connectivity index (χ4n) is 3.21. The lowest BCUT2D eigenvalue weighted by Crippen LogP contribution is -2.49. The summed E-state index contributed by atoms with van der Waals surface area (Å²) in [5, 5.41) is 8.49. The molecule has 2 aromatic heterocycles. The lowest BCUT2D eigenvalue weighted by atomic mass is 10.2. The Labute approximate surface area is 163 Å². The van der Waals surface area contributed by atoms with E-state index in [1.807, 2.05) is 46.1 Å². The van der Waals surface area contributed by atoms with Crippen LogP contribution in [0.15, 0.2) is 60.9 Å². The van der Waals surface area contributed by atoms with E-state index in [9.17, 15) is 12.8 Å². The first-order valence-electron chi connectivity index (χ1n) is 8.96. The van der Waals surface area contributed by atoms with Crippen LogP contribution in [-0.2, 0) is 15.8 Å². The van der Waals surface area contributed by atoms with Crippen LogP contribution in [0.5, 0.6) is 0 Å². The molecule has 146 valence electrons. The lowest BCUT2D eigenvalue weighted by Gasteiger charge is -2.34. The van der Waals surface area contributed by atoms with Gasteiger partial charge in [0.05, 0.1) is 5.75 Å². The summed E-state index contributed by atoms with van der Waals surface area (Å²) in [6, 6.07) is 13.6. The maximum absolute atomic E-state index is 13.8. The third-order valence-electron chi connectivity index (χ3n) is 4.76. The molecule has 0 radical (unpaired) electrons. The van der Waals surface area contributed by atoms with E-state index < -0.39 is 15.8 Å². The van der Waals surface area contributed by atoms with Gasteiger partial charge < -0.3 is 9.47 Å². The zero-order valence-corrected chi connectivity index (χ0v) is 16.0. The minimum absolute atomic E-state index is 0.191. The molecule has 0 N–H and O–H groups in total. The minimum Gasteiger partial charge on any atom is -0.352 e. The van der Waals surface area contributed by atoms with Crippen molar-refractivity contribution in [2.75, 3.05) is 31.1 Å². The molecule has 0 bridgehead atoms. The Morgan fingerprint density at radius 3 is 2.14 bits per heavy atom. The number of hydrogen-bond donors (Lipinski definition) is 0. The van der Waals surface area contributed by atoms with Crippen molar-refractivity contribution in [1.29, 1.82) is 0 Å². The number of piperazine rings is 1.